The van der Waals surface area contributed by atoms with E-state index < -0.39 is 5.60 Å². The number of benzene rings is 2. The van der Waals surface area contributed by atoms with Crippen LogP contribution in [0.15, 0.2) is 60.2 Å². The van der Waals surface area contributed by atoms with E-state index in [2.05, 4.69) is 55.4 Å². The molecule has 0 radical (unpaired) electrons. The third kappa shape index (κ3) is 5.03. The molecule has 2 atom stereocenters. The molecule has 1 saturated carbocycles. The lowest BCUT2D eigenvalue weighted by Crippen LogP contribution is -2.45. The molecule has 0 aromatic heterocycles. The lowest BCUT2D eigenvalue weighted by Gasteiger charge is -2.39. The van der Waals surface area contributed by atoms with Gasteiger partial charge in [-0.3, -0.25) is 0 Å². The second kappa shape index (κ2) is 9.40. The van der Waals surface area contributed by atoms with Gasteiger partial charge in [0.05, 0.1) is 12.7 Å². The van der Waals surface area contributed by atoms with E-state index in [4.69, 9.17) is 4.74 Å². The van der Waals surface area contributed by atoms with Crippen LogP contribution < -0.4 is 4.74 Å². The smallest absolute Gasteiger partial charge is 0.119 e. The summed E-state index contributed by atoms with van der Waals surface area (Å²) >= 11 is 0. The summed E-state index contributed by atoms with van der Waals surface area (Å²) in [4.78, 5) is 2.20. The van der Waals surface area contributed by atoms with E-state index >= 15 is 0 Å². The Morgan fingerprint density at radius 1 is 1.11 bits per heavy atom. The maximum atomic E-state index is 12.1. The zero-order chi connectivity index (χ0) is 20.0. The molecule has 1 aliphatic carbocycles. The molecule has 0 spiro atoms. The first-order valence-electron chi connectivity index (χ1n) is 10.3. The second-order valence-corrected chi connectivity index (χ2v) is 8.24. The van der Waals surface area contributed by atoms with Crippen LogP contribution in [0.2, 0.25) is 0 Å². The highest BCUT2D eigenvalue weighted by Gasteiger charge is 2.41. The van der Waals surface area contributed by atoms with E-state index in [1.807, 2.05) is 24.3 Å². The van der Waals surface area contributed by atoms with E-state index in [-0.39, 0.29) is 5.92 Å². The van der Waals surface area contributed by atoms with Crippen molar-refractivity contribution >= 4 is 6.08 Å². The third-order valence-corrected chi connectivity index (χ3v) is 5.82. The van der Waals surface area contributed by atoms with Crippen molar-refractivity contribution in [2.75, 3.05) is 27.7 Å². The Morgan fingerprint density at radius 2 is 1.89 bits per heavy atom. The van der Waals surface area contributed by atoms with Crippen LogP contribution in [-0.2, 0) is 6.42 Å². The molecule has 0 aliphatic heterocycles. The molecule has 3 rings (SSSR count). The highest BCUT2D eigenvalue weighted by Crippen LogP contribution is 2.40. The molecule has 3 nitrogen and oxygen atoms in total. The monoisotopic (exact) mass is 379 g/mol. The van der Waals surface area contributed by atoms with E-state index in [0.717, 1.165) is 49.1 Å². The molecule has 0 heterocycles. The van der Waals surface area contributed by atoms with Gasteiger partial charge in [0.1, 0.15) is 5.75 Å². The van der Waals surface area contributed by atoms with E-state index in [1.54, 1.807) is 7.11 Å². The number of rotatable bonds is 6. The maximum Gasteiger partial charge on any atom is 0.119 e. The molecular formula is C25H33NO2. The minimum absolute atomic E-state index is 0.210. The van der Waals surface area contributed by atoms with Gasteiger partial charge in [0, 0.05) is 18.9 Å². The molecule has 0 amide bonds. The van der Waals surface area contributed by atoms with Gasteiger partial charge in [-0.2, -0.15) is 0 Å². The SMILES string of the molecule is COc1cccc(/C=C2\CCCCC(CN(C)C)C2(O)Cc2ccccc2)c1. The van der Waals surface area contributed by atoms with Crippen molar-refractivity contribution in [1.29, 1.82) is 0 Å². The molecular weight excluding hydrogens is 346 g/mol. The molecule has 1 N–H and O–H groups in total. The van der Waals surface area contributed by atoms with Crippen molar-refractivity contribution < 1.29 is 9.84 Å². The lowest BCUT2D eigenvalue weighted by atomic mass is 9.75. The van der Waals surface area contributed by atoms with Gasteiger partial charge < -0.3 is 14.7 Å². The largest absolute Gasteiger partial charge is 0.497 e. The van der Waals surface area contributed by atoms with Crippen molar-refractivity contribution in [2.45, 2.75) is 37.7 Å². The Kier molecular flexibility index (Phi) is 6.93. The summed E-state index contributed by atoms with van der Waals surface area (Å²) < 4.78 is 5.39. The Bertz CT molecular complexity index is 784. The fraction of sp³-hybridized carbons (Fsp3) is 0.440. The first-order chi connectivity index (χ1) is 13.5. The van der Waals surface area contributed by atoms with Gasteiger partial charge in [-0.05, 0) is 62.2 Å². The van der Waals surface area contributed by atoms with Crippen LogP contribution in [-0.4, -0.2) is 43.4 Å². The Morgan fingerprint density at radius 3 is 2.61 bits per heavy atom. The summed E-state index contributed by atoms with van der Waals surface area (Å²) in [6, 6.07) is 18.5. The van der Waals surface area contributed by atoms with Gasteiger partial charge in [-0.15, -0.1) is 0 Å². The molecule has 3 heteroatoms. The maximum absolute atomic E-state index is 12.1. The van der Waals surface area contributed by atoms with Crippen molar-refractivity contribution in [3.63, 3.8) is 0 Å². The molecule has 1 fully saturated rings. The van der Waals surface area contributed by atoms with Crippen LogP contribution in [0.5, 0.6) is 5.75 Å². The van der Waals surface area contributed by atoms with Crippen LogP contribution in [0, 0.1) is 5.92 Å². The van der Waals surface area contributed by atoms with E-state index in [9.17, 15) is 5.11 Å². The molecule has 1 aliphatic rings. The first-order valence-corrected chi connectivity index (χ1v) is 10.3. The predicted molar refractivity (Wildman–Crippen MR) is 117 cm³/mol. The van der Waals surface area contributed by atoms with Gasteiger partial charge in [-0.25, -0.2) is 0 Å². The Balaban J connectivity index is 2.03. The van der Waals surface area contributed by atoms with Crippen LogP contribution in [0.3, 0.4) is 0 Å². The highest BCUT2D eigenvalue weighted by atomic mass is 16.5. The van der Waals surface area contributed by atoms with Crippen LogP contribution in [0.4, 0.5) is 0 Å². The van der Waals surface area contributed by atoms with Gasteiger partial charge in [-0.1, -0.05) is 55.0 Å². The Labute approximate surface area is 169 Å². The van der Waals surface area contributed by atoms with Gasteiger partial charge in [0.15, 0.2) is 0 Å². The summed E-state index contributed by atoms with van der Waals surface area (Å²) in [5.41, 5.74) is 2.58. The highest BCUT2D eigenvalue weighted by molar-refractivity contribution is 5.57. The van der Waals surface area contributed by atoms with Crippen LogP contribution >= 0.6 is 0 Å². The molecule has 150 valence electrons. The average molecular weight is 380 g/mol. The minimum Gasteiger partial charge on any atom is -0.497 e. The van der Waals surface area contributed by atoms with E-state index in [0.29, 0.717) is 6.42 Å². The standard InChI is InChI=1S/C25H33NO2/c1-26(2)19-23-14-8-7-13-22(16-21-12-9-15-24(17-21)28-3)25(23,27)18-20-10-5-4-6-11-20/h4-6,9-12,15-17,23,27H,7-8,13-14,18-19H2,1-3H3/b22-16+. The van der Waals surface area contributed by atoms with Crippen molar-refractivity contribution in [2.24, 2.45) is 5.92 Å². The van der Waals surface area contributed by atoms with Crippen molar-refractivity contribution in [3.05, 3.63) is 71.3 Å². The number of aliphatic hydroxyl groups is 1. The van der Waals surface area contributed by atoms with Gasteiger partial charge in [0.25, 0.3) is 0 Å². The number of methoxy groups -OCH3 is 1. The molecule has 2 aromatic carbocycles. The summed E-state index contributed by atoms with van der Waals surface area (Å²) in [6.07, 6.45) is 7.12. The summed E-state index contributed by atoms with van der Waals surface area (Å²) in [6.45, 7) is 0.888. The minimum atomic E-state index is -0.842. The summed E-state index contributed by atoms with van der Waals surface area (Å²) in [5, 5.41) is 12.1. The fourth-order valence-electron chi connectivity index (χ4n) is 4.40. The normalized spacial score (nSPS) is 24.3. The number of ether oxygens (including phenoxy) is 1. The second-order valence-electron chi connectivity index (χ2n) is 8.24. The topological polar surface area (TPSA) is 32.7 Å². The quantitative estimate of drug-likeness (QED) is 0.732. The van der Waals surface area contributed by atoms with E-state index in [1.165, 1.54) is 5.56 Å². The predicted octanol–water partition coefficient (Wildman–Crippen LogP) is 4.80. The molecule has 2 aromatic rings. The molecule has 28 heavy (non-hydrogen) atoms. The van der Waals surface area contributed by atoms with Crippen molar-refractivity contribution in [1.82, 2.24) is 4.90 Å². The van der Waals surface area contributed by atoms with Gasteiger partial charge >= 0.3 is 0 Å². The average Bonchev–Trinajstić information content (AvgIpc) is 2.82. The summed E-state index contributed by atoms with van der Waals surface area (Å²) in [5.74, 6) is 1.06. The first kappa shape index (κ1) is 20.6. The Hall–Kier alpha value is -2.10. The zero-order valence-corrected chi connectivity index (χ0v) is 17.4. The lowest BCUT2D eigenvalue weighted by molar-refractivity contribution is 0.00517. The number of nitrogens with zero attached hydrogens (tertiary/aromatic N) is 1. The summed E-state index contributed by atoms with van der Waals surface area (Å²) in [7, 11) is 5.88. The number of hydrogen-bond donors (Lipinski definition) is 1. The third-order valence-electron chi connectivity index (χ3n) is 5.82. The molecule has 2 unspecified atom stereocenters. The van der Waals surface area contributed by atoms with Crippen LogP contribution in [0.25, 0.3) is 6.08 Å². The van der Waals surface area contributed by atoms with Gasteiger partial charge in [0.2, 0.25) is 0 Å². The zero-order valence-electron chi connectivity index (χ0n) is 17.4. The molecule has 0 saturated heterocycles. The fourth-order valence-corrected chi connectivity index (χ4v) is 4.40. The molecule has 0 bridgehead atoms. The number of hydrogen-bond acceptors (Lipinski definition) is 3. The van der Waals surface area contributed by atoms with Crippen LogP contribution in [0.1, 0.15) is 36.8 Å². The van der Waals surface area contributed by atoms with Crippen molar-refractivity contribution in [3.8, 4) is 5.75 Å².